The molecule has 0 unspecified atom stereocenters. The summed E-state index contributed by atoms with van der Waals surface area (Å²) < 4.78 is 1.15. The molecule has 0 aliphatic carbocycles. The van der Waals surface area contributed by atoms with E-state index in [1.807, 2.05) is 36.4 Å². The number of carbonyl (C=O) groups excluding carboxylic acids is 1. The van der Waals surface area contributed by atoms with Crippen molar-refractivity contribution < 1.29 is 4.79 Å². The number of thiophene rings is 1. The monoisotopic (exact) mass is 340 g/mol. The predicted molar refractivity (Wildman–Crippen MR) is 101 cm³/mol. The zero-order chi connectivity index (χ0) is 16.9. The minimum atomic E-state index is -0.264. The van der Waals surface area contributed by atoms with Crippen LogP contribution in [0.3, 0.4) is 0 Å². The van der Waals surface area contributed by atoms with Crippen LogP contribution in [0.25, 0.3) is 10.1 Å². The smallest absolute Gasteiger partial charge is 0.310 e. The molecule has 0 bridgehead atoms. The Morgan fingerprint density at radius 2 is 2.04 bits per heavy atom. The summed E-state index contributed by atoms with van der Waals surface area (Å²) in [7, 11) is 0. The van der Waals surface area contributed by atoms with Crippen molar-refractivity contribution in [2.24, 2.45) is 0 Å². The molecule has 3 rings (SSSR count). The molecule has 1 aromatic carbocycles. The van der Waals surface area contributed by atoms with E-state index < -0.39 is 0 Å². The van der Waals surface area contributed by atoms with Gasteiger partial charge in [-0.15, -0.1) is 11.3 Å². The van der Waals surface area contributed by atoms with Crippen molar-refractivity contribution in [1.29, 1.82) is 0 Å². The molecule has 0 spiro atoms. The lowest BCUT2D eigenvalue weighted by atomic mass is 10.2. The normalized spacial score (nSPS) is 11.0. The summed E-state index contributed by atoms with van der Waals surface area (Å²) in [4.78, 5) is 16.4. The van der Waals surface area contributed by atoms with Gasteiger partial charge in [0, 0.05) is 23.5 Å². The molecule has 0 fully saturated rings. The zero-order valence-corrected chi connectivity index (χ0v) is 14.5. The van der Waals surface area contributed by atoms with Crippen molar-refractivity contribution in [3.05, 3.63) is 54.4 Å². The predicted octanol–water partition coefficient (Wildman–Crippen LogP) is 4.44. The highest BCUT2D eigenvalue weighted by Gasteiger charge is 2.09. The Morgan fingerprint density at radius 1 is 1.21 bits per heavy atom. The summed E-state index contributed by atoms with van der Waals surface area (Å²) in [5.74, 6) is 0. The maximum atomic E-state index is 12.3. The van der Waals surface area contributed by atoms with Gasteiger partial charge in [-0.1, -0.05) is 32.0 Å². The minimum absolute atomic E-state index is 0.264. The minimum Gasteiger partial charge on any atom is -0.310 e. The molecule has 0 saturated heterocycles. The number of anilines is 2. The molecule has 6 heteroatoms. The van der Waals surface area contributed by atoms with Crippen molar-refractivity contribution in [2.45, 2.75) is 26.4 Å². The van der Waals surface area contributed by atoms with Crippen molar-refractivity contribution in [3.63, 3.8) is 0 Å². The quantitative estimate of drug-likeness (QED) is 0.643. The highest BCUT2D eigenvalue weighted by molar-refractivity contribution is 7.22. The Labute approximate surface area is 145 Å². The molecular formula is C18H20N4OS. The molecule has 0 saturated carbocycles. The van der Waals surface area contributed by atoms with Gasteiger partial charge in [0.15, 0.2) is 0 Å². The van der Waals surface area contributed by atoms with E-state index in [1.54, 1.807) is 23.7 Å². The van der Waals surface area contributed by atoms with Gasteiger partial charge in [-0.3, -0.25) is 10.3 Å². The average Bonchev–Trinajstić information content (AvgIpc) is 2.96. The van der Waals surface area contributed by atoms with Gasteiger partial charge < -0.3 is 10.6 Å². The molecule has 3 aromatic rings. The number of pyridine rings is 1. The number of amides is 2. The Bertz CT molecular complexity index is 811. The van der Waals surface area contributed by atoms with Gasteiger partial charge in [0.2, 0.25) is 0 Å². The van der Waals surface area contributed by atoms with E-state index in [2.05, 4.69) is 34.8 Å². The lowest BCUT2D eigenvalue weighted by molar-refractivity contribution is 0.262. The molecule has 3 N–H and O–H groups in total. The van der Waals surface area contributed by atoms with E-state index in [0.717, 1.165) is 20.7 Å². The van der Waals surface area contributed by atoms with E-state index in [0.29, 0.717) is 18.3 Å². The van der Waals surface area contributed by atoms with E-state index in [9.17, 15) is 4.79 Å². The summed E-state index contributed by atoms with van der Waals surface area (Å²) in [5, 5.41) is 11.1. The van der Waals surface area contributed by atoms with E-state index in [1.165, 1.54) is 0 Å². The van der Waals surface area contributed by atoms with Crippen LogP contribution in [-0.4, -0.2) is 17.1 Å². The number of nitrogens with one attached hydrogen (secondary N) is 3. The highest BCUT2D eigenvalue weighted by Crippen LogP contribution is 2.29. The molecule has 2 amide bonds. The molecule has 0 aliphatic heterocycles. The fourth-order valence-corrected chi connectivity index (χ4v) is 3.27. The Kier molecular flexibility index (Phi) is 5.08. The summed E-state index contributed by atoms with van der Waals surface area (Å²) in [6.45, 7) is 4.85. The average molecular weight is 340 g/mol. The van der Waals surface area contributed by atoms with Crippen LogP contribution < -0.4 is 16.0 Å². The lowest BCUT2D eigenvalue weighted by Gasteiger charge is -2.13. The second kappa shape index (κ2) is 7.42. The molecule has 2 aromatic heterocycles. The third-order valence-electron chi connectivity index (χ3n) is 3.52. The number of hydrogen-bond acceptors (Lipinski definition) is 4. The van der Waals surface area contributed by atoms with Gasteiger partial charge >= 0.3 is 6.03 Å². The van der Waals surface area contributed by atoms with Gasteiger partial charge in [0.25, 0.3) is 0 Å². The second-order valence-electron chi connectivity index (χ2n) is 5.80. The second-order valence-corrected chi connectivity index (χ2v) is 6.88. The number of fused-ring (bicyclic) bond motifs is 1. The summed E-state index contributed by atoms with van der Waals surface area (Å²) >= 11 is 1.55. The summed E-state index contributed by atoms with van der Waals surface area (Å²) in [6, 6.07) is 12.0. The van der Waals surface area contributed by atoms with Gasteiger partial charge in [-0.25, -0.2) is 4.79 Å². The standard InChI is InChI=1S/C18H20N4OS/c1-12(2)20-10-14-7-8-19-11-15(14)21-18(23)22-17-9-13-5-3-4-6-16(13)24-17/h3-9,11-12,20H,10H2,1-2H3,(H2,21,22,23). The van der Waals surface area contributed by atoms with E-state index in [-0.39, 0.29) is 6.03 Å². The summed E-state index contributed by atoms with van der Waals surface area (Å²) in [6.07, 6.45) is 3.40. The molecular weight excluding hydrogens is 320 g/mol. The topological polar surface area (TPSA) is 66.0 Å². The van der Waals surface area contributed by atoms with Crippen molar-refractivity contribution in [2.75, 3.05) is 10.6 Å². The largest absolute Gasteiger partial charge is 0.324 e. The van der Waals surface area contributed by atoms with E-state index in [4.69, 9.17) is 0 Å². The first kappa shape index (κ1) is 16.4. The zero-order valence-electron chi connectivity index (χ0n) is 13.7. The fraction of sp³-hybridized carbons (Fsp3) is 0.222. The third-order valence-corrected chi connectivity index (χ3v) is 4.55. The van der Waals surface area contributed by atoms with Crippen molar-refractivity contribution >= 4 is 38.1 Å². The first-order valence-electron chi connectivity index (χ1n) is 7.84. The lowest BCUT2D eigenvalue weighted by Crippen LogP contribution is -2.24. The molecule has 0 aliphatic rings. The SMILES string of the molecule is CC(C)NCc1ccncc1NC(=O)Nc1cc2ccccc2s1. The Hall–Kier alpha value is -2.44. The van der Waals surface area contributed by atoms with Gasteiger partial charge in [-0.05, 0) is 29.1 Å². The van der Waals surface area contributed by atoms with Gasteiger partial charge in [-0.2, -0.15) is 0 Å². The molecule has 124 valence electrons. The number of hydrogen-bond donors (Lipinski definition) is 3. The van der Waals surface area contributed by atoms with Crippen LogP contribution in [0.1, 0.15) is 19.4 Å². The van der Waals surface area contributed by atoms with Crippen LogP contribution in [0.5, 0.6) is 0 Å². The van der Waals surface area contributed by atoms with Crippen LogP contribution in [0, 0.1) is 0 Å². The van der Waals surface area contributed by atoms with Gasteiger partial charge in [0.1, 0.15) is 0 Å². The first-order chi connectivity index (χ1) is 11.6. The summed E-state index contributed by atoms with van der Waals surface area (Å²) in [5.41, 5.74) is 1.72. The van der Waals surface area contributed by atoms with Crippen LogP contribution in [0.4, 0.5) is 15.5 Å². The van der Waals surface area contributed by atoms with Crippen molar-refractivity contribution in [3.8, 4) is 0 Å². The Balaban J connectivity index is 1.68. The number of urea groups is 1. The number of aromatic nitrogens is 1. The van der Waals surface area contributed by atoms with Gasteiger partial charge in [0.05, 0.1) is 16.9 Å². The maximum absolute atomic E-state index is 12.3. The highest BCUT2D eigenvalue weighted by atomic mass is 32.1. The van der Waals surface area contributed by atoms with Crippen LogP contribution >= 0.6 is 11.3 Å². The number of nitrogens with zero attached hydrogens (tertiary/aromatic N) is 1. The fourth-order valence-electron chi connectivity index (χ4n) is 2.31. The number of benzene rings is 1. The first-order valence-corrected chi connectivity index (χ1v) is 8.66. The van der Waals surface area contributed by atoms with Crippen LogP contribution in [0.15, 0.2) is 48.8 Å². The molecule has 5 nitrogen and oxygen atoms in total. The molecule has 0 atom stereocenters. The van der Waals surface area contributed by atoms with Crippen LogP contribution in [0.2, 0.25) is 0 Å². The number of carbonyl (C=O) groups is 1. The third kappa shape index (κ3) is 4.10. The molecule has 2 heterocycles. The number of rotatable bonds is 5. The molecule has 24 heavy (non-hydrogen) atoms. The van der Waals surface area contributed by atoms with E-state index >= 15 is 0 Å². The molecule has 0 radical (unpaired) electrons. The van der Waals surface area contributed by atoms with Crippen molar-refractivity contribution in [1.82, 2.24) is 10.3 Å². The Morgan fingerprint density at radius 3 is 2.83 bits per heavy atom. The maximum Gasteiger partial charge on any atom is 0.324 e. The van der Waals surface area contributed by atoms with Crippen LogP contribution in [-0.2, 0) is 6.54 Å².